The first-order valence-corrected chi connectivity index (χ1v) is 13.9. The molecule has 0 spiro atoms. The van der Waals surface area contributed by atoms with Gasteiger partial charge in [0.05, 0.1) is 25.4 Å². The fraction of sp³-hybridized carbons (Fsp3) is 0.655. The summed E-state index contributed by atoms with van der Waals surface area (Å²) in [6.45, 7) is 3.56. The van der Waals surface area contributed by atoms with Crippen molar-refractivity contribution < 1.29 is 68.4 Å². The number of aliphatic hydroxyl groups excluding tert-OH is 5. The lowest BCUT2D eigenvalue weighted by Crippen LogP contribution is -2.65. The van der Waals surface area contributed by atoms with Crippen LogP contribution in [0.15, 0.2) is 35.5 Å². The molecule has 238 valence electrons. The van der Waals surface area contributed by atoms with Crippen molar-refractivity contribution in [3.05, 3.63) is 35.5 Å². The number of hydrogen-bond donors (Lipinski definition) is 5. The Bertz CT molecular complexity index is 1240. The molecule has 0 aromatic rings. The molecule has 2 aliphatic heterocycles. The van der Waals surface area contributed by atoms with Crippen molar-refractivity contribution in [2.75, 3.05) is 13.7 Å². The number of cyclic esters (lactones) is 1. The first kappa shape index (κ1) is 32.8. The third-order valence-corrected chi connectivity index (χ3v) is 9.07. The fourth-order valence-corrected chi connectivity index (χ4v) is 6.86. The smallest absolute Gasteiger partial charge is 0.336 e. The molecule has 14 nitrogen and oxygen atoms in total. The number of methoxy groups -OCH3 is 1. The molecule has 0 amide bonds. The van der Waals surface area contributed by atoms with Crippen molar-refractivity contribution >= 4 is 23.9 Å². The zero-order valence-corrected chi connectivity index (χ0v) is 24.3. The Morgan fingerprint density at radius 1 is 1.12 bits per heavy atom. The summed E-state index contributed by atoms with van der Waals surface area (Å²) in [5.41, 5.74) is -4.20. The van der Waals surface area contributed by atoms with Crippen LogP contribution < -0.4 is 0 Å². The number of esters is 4. The molecule has 2 heterocycles. The van der Waals surface area contributed by atoms with Gasteiger partial charge in [0.1, 0.15) is 41.0 Å². The summed E-state index contributed by atoms with van der Waals surface area (Å²) in [6, 6.07) is 0. The molecule has 0 aromatic heterocycles. The van der Waals surface area contributed by atoms with E-state index >= 15 is 0 Å². The van der Waals surface area contributed by atoms with E-state index in [1.165, 1.54) is 45.3 Å². The maximum Gasteiger partial charge on any atom is 0.336 e. The van der Waals surface area contributed by atoms with E-state index in [1.54, 1.807) is 6.92 Å². The number of hydrogen-bond acceptors (Lipinski definition) is 14. The van der Waals surface area contributed by atoms with Gasteiger partial charge in [-0.05, 0) is 39.2 Å². The van der Waals surface area contributed by atoms with E-state index in [4.69, 9.17) is 23.7 Å². The lowest BCUT2D eigenvalue weighted by molar-refractivity contribution is -0.291. The topological polar surface area (TPSA) is 216 Å². The molecule has 0 radical (unpaired) electrons. The molecule has 1 saturated carbocycles. The lowest BCUT2D eigenvalue weighted by Gasteiger charge is -2.54. The molecule has 0 aromatic carbocycles. The Morgan fingerprint density at radius 3 is 2.44 bits per heavy atom. The number of rotatable bonds is 7. The summed E-state index contributed by atoms with van der Waals surface area (Å²) in [5.74, 6) is -3.63. The van der Waals surface area contributed by atoms with E-state index in [0.29, 0.717) is 6.42 Å². The van der Waals surface area contributed by atoms with Gasteiger partial charge in [0.2, 0.25) is 6.29 Å². The van der Waals surface area contributed by atoms with Gasteiger partial charge in [0.25, 0.3) is 0 Å². The maximum absolute atomic E-state index is 13.7. The molecule has 3 fully saturated rings. The van der Waals surface area contributed by atoms with Crippen molar-refractivity contribution in [3.8, 4) is 0 Å². The minimum absolute atomic E-state index is 0.0256. The van der Waals surface area contributed by atoms with Crippen LogP contribution in [0.5, 0.6) is 0 Å². The first-order valence-electron chi connectivity index (χ1n) is 13.9. The van der Waals surface area contributed by atoms with Gasteiger partial charge in [-0.3, -0.25) is 9.59 Å². The standard InChI is InChI=1S/C29H38O14/c1-14(23(36)41-25-22(35)21(34)20(33)18(13-30)40-25)6-5-9-27(3)19-8-10-28(26(38)43-27)12-17(32)16(24(37)39-4)7-11-29(19,28)42-15(2)31/h5-7,9,17-22,25,30,32-35H,8,10-13H2,1-4H3/b9-5-,14-6+/t17-,18-,19+,20-,21+,22-,25+,27-,28+,29+/m1/s1. The summed E-state index contributed by atoms with van der Waals surface area (Å²) >= 11 is 0. The van der Waals surface area contributed by atoms with Gasteiger partial charge in [-0.2, -0.15) is 0 Å². The molecule has 5 N–H and O–H groups in total. The quantitative estimate of drug-likeness (QED) is 0.102. The molecule has 43 heavy (non-hydrogen) atoms. The van der Waals surface area contributed by atoms with Gasteiger partial charge < -0.3 is 49.2 Å². The van der Waals surface area contributed by atoms with Crippen LogP contribution in [0.3, 0.4) is 0 Å². The van der Waals surface area contributed by atoms with Crippen molar-refractivity contribution in [1.29, 1.82) is 0 Å². The molecular weight excluding hydrogens is 572 g/mol. The average Bonchev–Trinajstić information content (AvgIpc) is 3.13. The maximum atomic E-state index is 13.7. The Morgan fingerprint density at radius 2 is 1.81 bits per heavy atom. The second-order valence-electron chi connectivity index (χ2n) is 11.6. The molecule has 10 atom stereocenters. The van der Waals surface area contributed by atoms with Crippen molar-refractivity contribution in [2.45, 2.75) is 94.5 Å². The van der Waals surface area contributed by atoms with Gasteiger partial charge in [0, 0.05) is 24.8 Å². The highest BCUT2D eigenvalue weighted by molar-refractivity contribution is 5.91. The Hall–Kier alpha value is -3.14. The van der Waals surface area contributed by atoms with E-state index in [9.17, 15) is 44.7 Å². The summed E-state index contributed by atoms with van der Waals surface area (Å²) in [6.07, 6.45) is -3.22. The average molecular weight is 611 g/mol. The number of allylic oxidation sites excluding steroid dienone is 2. The highest BCUT2D eigenvalue weighted by Crippen LogP contribution is 2.65. The summed E-state index contributed by atoms with van der Waals surface area (Å²) in [5, 5.41) is 50.2. The molecule has 2 saturated heterocycles. The zero-order chi connectivity index (χ0) is 31.9. The largest absolute Gasteiger partial charge is 0.466 e. The predicted molar refractivity (Wildman–Crippen MR) is 142 cm³/mol. The lowest BCUT2D eigenvalue weighted by atomic mass is 9.62. The normalized spacial score (nSPS) is 41.0. The molecule has 2 bridgehead atoms. The molecule has 4 rings (SSSR count). The molecule has 14 heteroatoms. The van der Waals surface area contributed by atoms with E-state index in [0.717, 1.165) is 0 Å². The fourth-order valence-electron chi connectivity index (χ4n) is 6.86. The third kappa shape index (κ3) is 5.51. The third-order valence-electron chi connectivity index (χ3n) is 9.07. The highest BCUT2D eigenvalue weighted by Gasteiger charge is 2.75. The van der Waals surface area contributed by atoms with Gasteiger partial charge in [-0.15, -0.1) is 0 Å². The van der Waals surface area contributed by atoms with Crippen LogP contribution in [0, 0.1) is 11.3 Å². The minimum atomic E-state index is -1.77. The second-order valence-corrected chi connectivity index (χ2v) is 11.6. The van der Waals surface area contributed by atoms with Gasteiger partial charge in [0.15, 0.2) is 0 Å². The Kier molecular flexibility index (Phi) is 9.22. The van der Waals surface area contributed by atoms with Crippen molar-refractivity contribution in [3.63, 3.8) is 0 Å². The number of carbonyl (C=O) groups excluding carboxylic acids is 4. The molecular formula is C29H38O14. The van der Waals surface area contributed by atoms with Crippen molar-refractivity contribution in [2.24, 2.45) is 11.3 Å². The Labute approximate surface area is 247 Å². The van der Waals surface area contributed by atoms with Crippen LogP contribution in [0.1, 0.15) is 46.5 Å². The van der Waals surface area contributed by atoms with Crippen LogP contribution in [0.4, 0.5) is 0 Å². The molecule has 4 aliphatic rings. The number of aliphatic hydroxyl groups is 5. The predicted octanol–water partition coefficient (Wildman–Crippen LogP) is -0.900. The molecule has 2 aliphatic carbocycles. The Balaban J connectivity index is 1.59. The number of carbonyl (C=O) groups is 4. The van der Waals surface area contributed by atoms with Gasteiger partial charge in [-0.25, -0.2) is 9.59 Å². The van der Waals surface area contributed by atoms with Crippen LogP contribution in [0.2, 0.25) is 0 Å². The second kappa shape index (κ2) is 12.1. The zero-order valence-electron chi connectivity index (χ0n) is 24.3. The van der Waals surface area contributed by atoms with Gasteiger partial charge >= 0.3 is 23.9 Å². The monoisotopic (exact) mass is 610 g/mol. The minimum Gasteiger partial charge on any atom is -0.466 e. The SMILES string of the molecule is COC(=O)C1=CC[C@]2(OC(C)=O)[C@H]3CC[C@]2(C[C@H]1O)C(=O)O[C@]3(C)/C=C\C=C(/C)C(=O)O[C@@H]1O[C@H](CO)[C@@H](O)[C@H](O)[C@H]1O. The highest BCUT2D eigenvalue weighted by atomic mass is 16.7. The summed E-state index contributed by atoms with van der Waals surface area (Å²) in [4.78, 5) is 51.2. The molecule has 0 unspecified atom stereocenters. The van der Waals surface area contributed by atoms with E-state index < -0.39 is 89.8 Å². The van der Waals surface area contributed by atoms with Crippen LogP contribution in [-0.2, 0) is 42.9 Å². The van der Waals surface area contributed by atoms with Crippen molar-refractivity contribution in [1.82, 2.24) is 0 Å². The van der Waals surface area contributed by atoms with Gasteiger partial charge in [-0.1, -0.05) is 18.2 Å². The summed E-state index contributed by atoms with van der Waals surface area (Å²) < 4.78 is 27.0. The van der Waals surface area contributed by atoms with E-state index in [1.807, 2.05) is 0 Å². The van der Waals surface area contributed by atoms with Crippen LogP contribution in [-0.4, -0.2) is 111 Å². The van der Waals surface area contributed by atoms with Crippen LogP contribution >= 0.6 is 0 Å². The van der Waals surface area contributed by atoms with Crippen LogP contribution in [0.25, 0.3) is 0 Å². The summed E-state index contributed by atoms with van der Waals surface area (Å²) in [7, 11) is 1.17. The van der Waals surface area contributed by atoms with E-state index in [-0.39, 0.29) is 30.4 Å². The van der Waals surface area contributed by atoms with E-state index in [2.05, 4.69) is 0 Å². The first-order chi connectivity index (χ1) is 20.2. The number of ether oxygens (including phenoxy) is 5.